The van der Waals surface area contributed by atoms with Crippen LogP contribution in [-0.4, -0.2) is 23.2 Å². The van der Waals surface area contributed by atoms with Gasteiger partial charge in [0.1, 0.15) is 11.3 Å². The van der Waals surface area contributed by atoms with Gasteiger partial charge in [-0.15, -0.1) is 0 Å². The molecule has 124 valence electrons. The van der Waals surface area contributed by atoms with Gasteiger partial charge in [0.15, 0.2) is 0 Å². The van der Waals surface area contributed by atoms with E-state index in [1.54, 1.807) is 12.3 Å². The number of phenolic OH excluding ortho intramolecular Hbond substituents is 1. The molecular weight excluding hydrogens is 308 g/mol. The van der Waals surface area contributed by atoms with Crippen molar-refractivity contribution in [3.8, 4) is 5.75 Å². The van der Waals surface area contributed by atoms with Gasteiger partial charge in [0.25, 0.3) is 0 Å². The minimum absolute atomic E-state index is 0.190. The van der Waals surface area contributed by atoms with Crippen LogP contribution in [0.15, 0.2) is 60.8 Å². The number of para-hydroxylation sites is 1. The largest absolute Gasteiger partial charge is 0.506 e. The molecular formula is C22H20N2O. The third-order valence-corrected chi connectivity index (χ3v) is 4.74. The molecule has 4 rings (SSSR count). The predicted octanol–water partition coefficient (Wildman–Crippen LogP) is 4.79. The quantitative estimate of drug-likeness (QED) is 0.734. The third kappa shape index (κ3) is 2.78. The van der Waals surface area contributed by atoms with Gasteiger partial charge in [-0.25, -0.2) is 0 Å². The van der Waals surface area contributed by atoms with Crippen LogP contribution in [0.5, 0.6) is 5.75 Å². The number of phenols is 1. The first-order valence-corrected chi connectivity index (χ1v) is 8.40. The molecule has 0 fully saturated rings. The van der Waals surface area contributed by atoms with Crippen LogP contribution in [0.3, 0.4) is 0 Å². The molecule has 1 N–H and O–H groups in total. The van der Waals surface area contributed by atoms with Gasteiger partial charge in [0, 0.05) is 24.3 Å². The second-order valence-corrected chi connectivity index (χ2v) is 6.46. The van der Waals surface area contributed by atoms with E-state index in [1.807, 2.05) is 18.2 Å². The van der Waals surface area contributed by atoms with Crippen molar-refractivity contribution < 1.29 is 5.11 Å². The normalized spacial score (nSPS) is 16.6. The average molecular weight is 328 g/mol. The van der Waals surface area contributed by atoms with E-state index in [4.69, 9.17) is 0 Å². The minimum atomic E-state index is 0.190. The van der Waals surface area contributed by atoms with E-state index in [2.05, 4.69) is 66.4 Å². The highest BCUT2D eigenvalue weighted by Crippen LogP contribution is 2.30. The van der Waals surface area contributed by atoms with Crippen molar-refractivity contribution in [2.75, 3.05) is 11.9 Å². The summed E-state index contributed by atoms with van der Waals surface area (Å²) in [7, 11) is 2.11. The monoisotopic (exact) mass is 328 g/mol. The van der Waals surface area contributed by atoms with E-state index in [0.29, 0.717) is 5.52 Å². The molecule has 3 aromatic rings. The molecule has 1 aliphatic rings. The molecule has 0 bridgehead atoms. The van der Waals surface area contributed by atoms with Gasteiger partial charge in [0.2, 0.25) is 0 Å². The lowest BCUT2D eigenvalue weighted by molar-refractivity contribution is 0.480. The van der Waals surface area contributed by atoms with Gasteiger partial charge < -0.3 is 10.0 Å². The first-order chi connectivity index (χ1) is 12.1. The Hall–Kier alpha value is -3.07. The predicted molar refractivity (Wildman–Crippen MR) is 105 cm³/mol. The Balaban J connectivity index is 1.68. The number of hydrogen-bond donors (Lipinski definition) is 1. The van der Waals surface area contributed by atoms with Crippen LogP contribution in [0.1, 0.15) is 16.7 Å². The number of fused-ring (bicyclic) bond motifs is 2. The van der Waals surface area contributed by atoms with Crippen molar-refractivity contribution in [3.05, 3.63) is 77.5 Å². The van der Waals surface area contributed by atoms with Crippen LogP contribution in [0, 0.1) is 6.92 Å². The molecule has 0 saturated carbocycles. The number of nitrogens with zero attached hydrogens (tertiary/aromatic N) is 2. The molecule has 3 heteroatoms. The summed E-state index contributed by atoms with van der Waals surface area (Å²) in [6.07, 6.45) is 10.4. The highest BCUT2D eigenvalue weighted by atomic mass is 16.3. The van der Waals surface area contributed by atoms with Gasteiger partial charge in [-0.05, 0) is 42.3 Å². The number of aryl methyl sites for hydroxylation is 1. The minimum Gasteiger partial charge on any atom is -0.506 e. The Morgan fingerprint density at radius 3 is 2.92 bits per heavy atom. The van der Waals surface area contributed by atoms with Crippen molar-refractivity contribution in [1.29, 1.82) is 0 Å². The number of likely N-dealkylation sites (N-methyl/N-ethyl adjacent to an activating group) is 1. The molecule has 0 amide bonds. The molecule has 25 heavy (non-hydrogen) atoms. The van der Waals surface area contributed by atoms with Crippen molar-refractivity contribution in [1.82, 2.24) is 4.98 Å². The zero-order valence-corrected chi connectivity index (χ0v) is 14.3. The molecule has 0 saturated heterocycles. The molecule has 1 aliphatic heterocycles. The summed E-state index contributed by atoms with van der Waals surface area (Å²) < 4.78 is 0. The van der Waals surface area contributed by atoms with E-state index in [1.165, 1.54) is 16.8 Å². The molecule has 2 heterocycles. The Morgan fingerprint density at radius 1 is 1.16 bits per heavy atom. The number of aromatic nitrogens is 1. The number of aromatic hydroxyl groups is 1. The fourth-order valence-electron chi connectivity index (χ4n) is 3.34. The van der Waals surface area contributed by atoms with Gasteiger partial charge in [-0.1, -0.05) is 48.1 Å². The summed E-state index contributed by atoms with van der Waals surface area (Å²) in [4.78, 5) is 6.55. The Labute approximate surface area is 147 Å². The number of pyridine rings is 1. The Bertz CT molecular complexity index is 1000. The molecule has 1 unspecified atom stereocenters. The second-order valence-electron chi connectivity index (χ2n) is 6.46. The number of rotatable bonds is 2. The van der Waals surface area contributed by atoms with Crippen molar-refractivity contribution in [2.24, 2.45) is 0 Å². The summed E-state index contributed by atoms with van der Waals surface area (Å²) in [6, 6.07) is 14.2. The SMILES string of the molecule is Cc1ccc2c(c1)C=CC(/C=C/c1ccnc3c(O)cccc13)N2C. The van der Waals surface area contributed by atoms with E-state index < -0.39 is 0 Å². The van der Waals surface area contributed by atoms with Gasteiger partial charge in [-0.3, -0.25) is 4.98 Å². The highest BCUT2D eigenvalue weighted by Gasteiger charge is 2.16. The average Bonchev–Trinajstić information content (AvgIpc) is 2.61. The highest BCUT2D eigenvalue weighted by molar-refractivity contribution is 5.91. The van der Waals surface area contributed by atoms with Crippen LogP contribution < -0.4 is 4.90 Å². The zero-order chi connectivity index (χ0) is 17.4. The summed E-state index contributed by atoms with van der Waals surface area (Å²) in [6.45, 7) is 2.12. The molecule has 2 aromatic carbocycles. The third-order valence-electron chi connectivity index (χ3n) is 4.74. The van der Waals surface area contributed by atoms with Crippen LogP contribution in [0.2, 0.25) is 0 Å². The van der Waals surface area contributed by atoms with Crippen LogP contribution in [0.25, 0.3) is 23.1 Å². The summed E-state index contributed by atoms with van der Waals surface area (Å²) in [5, 5.41) is 10.9. The van der Waals surface area contributed by atoms with Gasteiger partial charge in [0.05, 0.1) is 6.04 Å². The summed E-state index contributed by atoms with van der Waals surface area (Å²) >= 11 is 0. The van der Waals surface area contributed by atoms with E-state index in [9.17, 15) is 5.11 Å². The number of benzene rings is 2. The summed E-state index contributed by atoms with van der Waals surface area (Å²) in [5.74, 6) is 0.215. The molecule has 3 nitrogen and oxygen atoms in total. The molecule has 1 aromatic heterocycles. The van der Waals surface area contributed by atoms with Gasteiger partial charge >= 0.3 is 0 Å². The first kappa shape index (κ1) is 15.5. The maximum atomic E-state index is 9.98. The van der Waals surface area contributed by atoms with Crippen molar-refractivity contribution >= 4 is 28.7 Å². The zero-order valence-electron chi connectivity index (χ0n) is 14.3. The topological polar surface area (TPSA) is 36.4 Å². The van der Waals surface area contributed by atoms with Crippen molar-refractivity contribution in [2.45, 2.75) is 13.0 Å². The molecule has 0 spiro atoms. The summed E-state index contributed by atoms with van der Waals surface area (Å²) in [5.41, 5.74) is 5.45. The standard InChI is InChI=1S/C22H20N2O/c1-15-6-11-20-17(14-15)8-10-18(24(20)2)9-7-16-12-13-23-22-19(16)4-3-5-21(22)25/h3-14,18,25H,1-2H3/b9-7+. The van der Waals surface area contributed by atoms with Crippen LogP contribution >= 0.6 is 0 Å². The fourth-order valence-corrected chi connectivity index (χ4v) is 3.34. The van der Waals surface area contributed by atoms with E-state index >= 15 is 0 Å². The van der Waals surface area contributed by atoms with Crippen LogP contribution in [0.4, 0.5) is 5.69 Å². The van der Waals surface area contributed by atoms with E-state index in [-0.39, 0.29) is 11.8 Å². The molecule has 1 atom stereocenters. The lowest BCUT2D eigenvalue weighted by atomic mass is 10.0. The Morgan fingerprint density at radius 2 is 2.04 bits per heavy atom. The maximum absolute atomic E-state index is 9.98. The van der Waals surface area contributed by atoms with Crippen molar-refractivity contribution in [3.63, 3.8) is 0 Å². The van der Waals surface area contributed by atoms with Gasteiger partial charge in [-0.2, -0.15) is 0 Å². The fraction of sp³-hybridized carbons (Fsp3) is 0.136. The number of hydrogen-bond acceptors (Lipinski definition) is 3. The lowest BCUT2D eigenvalue weighted by Crippen LogP contribution is -2.30. The first-order valence-electron chi connectivity index (χ1n) is 8.40. The van der Waals surface area contributed by atoms with E-state index in [0.717, 1.165) is 10.9 Å². The lowest BCUT2D eigenvalue weighted by Gasteiger charge is -2.30. The van der Waals surface area contributed by atoms with Crippen LogP contribution in [-0.2, 0) is 0 Å². The molecule has 0 aliphatic carbocycles. The smallest absolute Gasteiger partial charge is 0.141 e. The second kappa shape index (κ2) is 6.10. The maximum Gasteiger partial charge on any atom is 0.141 e. The molecule has 0 radical (unpaired) electrons. The number of anilines is 1. The Kier molecular flexibility index (Phi) is 3.77.